The number of alkyl halides is 3. The predicted octanol–water partition coefficient (Wildman–Crippen LogP) is 3.98. The SMILES string of the molecule is Cc1nnc(SC(C)C(=O)Nc2cccc(C(F)(F)F)c2)s1. The molecule has 1 heterocycles. The number of nitrogens with one attached hydrogen (secondary N) is 1. The summed E-state index contributed by atoms with van der Waals surface area (Å²) in [6.07, 6.45) is -4.44. The van der Waals surface area contributed by atoms with Gasteiger partial charge in [0.1, 0.15) is 5.01 Å². The summed E-state index contributed by atoms with van der Waals surface area (Å²) >= 11 is 2.57. The van der Waals surface area contributed by atoms with Gasteiger partial charge < -0.3 is 5.32 Å². The first-order valence-corrected chi connectivity index (χ1v) is 7.90. The molecule has 1 unspecified atom stereocenters. The number of carbonyl (C=O) groups excluding carboxylic acids is 1. The molecule has 0 aliphatic rings. The molecule has 0 spiro atoms. The maximum Gasteiger partial charge on any atom is 0.416 e. The van der Waals surface area contributed by atoms with Gasteiger partial charge in [0, 0.05) is 5.69 Å². The van der Waals surface area contributed by atoms with Crippen LogP contribution in [0.1, 0.15) is 17.5 Å². The normalized spacial score (nSPS) is 13.0. The van der Waals surface area contributed by atoms with E-state index in [-0.39, 0.29) is 5.69 Å². The molecule has 1 aromatic heterocycles. The van der Waals surface area contributed by atoms with Crippen molar-refractivity contribution in [2.75, 3.05) is 5.32 Å². The number of benzene rings is 1. The summed E-state index contributed by atoms with van der Waals surface area (Å²) in [7, 11) is 0. The molecular formula is C13H12F3N3OS2. The average molecular weight is 347 g/mol. The van der Waals surface area contributed by atoms with Gasteiger partial charge in [-0.05, 0) is 32.0 Å². The van der Waals surface area contributed by atoms with Crippen molar-refractivity contribution in [3.63, 3.8) is 0 Å². The van der Waals surface area contributed by atoms with E-state index >= 15 is 0 Å². The fourth-order valence-corrected chi connectivity index (χ4v) is 3.51. The predicted molar refractivity (Wildman–Crippen MR) is 80.0 cm³/mol. The maximum atomic E-state index is 12.6. The number of rotatable bonds is 4. The van der Waals surface area contributed by atoms with Crippen molar-refractivity contribution in [1.82, 2.24) is 10.2 Å². The van der Waals surface area contributed by atoms with Crippen LogP contribution in [0.15, 0.2) is 28.6 Å². The highest BCUT2D eigenvalue weighted by Crippen LogP contribution is 2.31. The summed E-state index contributed by atoms with van der Waals surface area (Å²) in [6.45, 7) is 3.46. The van der Waals surface area contributed by atoms with Crippen molar-refractivity contribution < 1.29 is 18.0 Å². The molecule has 9 heteroatoms. The standard InChI is InChI=1S/C13H12F3N3OS2/c1-7(21-12-19-18-8(2)22-12)11(20)17-10-5-3-4-9(6-10)13(14,15)16/h3-7H,1-2H3,(H,17,20). The smallest absolute Gasteiger partial charge is 0.325 e. The van der Waals surface area contributed by atoms with E-state index in [0.29, 0.717) is 4.34 Å². The molecule has 1 amide bonds. The zero-order valence-corrected chi connectivity index (χ0v) is 13.3. The summed E-state index contributed by atoms with van der Waals surface area (Å²) in [6, 6.07) is 4.53. The van der Waals surface area contributed by atoms with Crippen LogP contribution in [0.2, 0.25) is 0 Å². The van der Waals surface area contributed by atoms with Crippen molar-refractivity contribution in [3.05, 3.63) is 34.8 Å². The molecule has 2 rings (SSSR count). The first-order chi connectivity index (χ1) is 10.3. The van der Waals surface area contributed by atoms with E-state index in [2.05, 4.69) is 15.5 Å². The highest BCUT2D eigenvalue weighted by molar-refractivity contribution is 8.02. The average Bonchev–Trinajstić information content (AvgIpc) is 2.83. The van der Waals surface area contributed by atoms with E-state index < -0.39 is 22.9 Å². The number of aromatic nitrogens is 2. The van der Waals surface area contributed by atoms with Crippen LogP contribution < -0.4 is 5.32 Å². The van der Waals surface area contributed by atoms with Gasteiger partial charge in [-0.2, -0.15) is 13.2 Å². The number of aryl methyl sites for hydroxylation is 1. The van der Waals surface area contributed by atoms with Crippen molar-refractivity contribution >= 4 is 34.7 Å². The molecule has 2 aromatic rings. The fraction of sp³-hybridized carbons (Fsp3) is 0.308. The Morgan fingerprint density at radius 1 is 1.36 bits per heavy atom. The van der Waals surface area contributed by atoms with E-state index in [1.807, 2.05) is 0 Å². The lowest BCUT2D eigenvalue weighted by Crippen LogP contribution is -2.22. The Hall–Kier alpha value is -1.61. The molecule has 118 valence electrons. The van der Waals surface area contributed by atoms with Crippen LogP contribution in [0.25, 0.3) is 0 Å². The van der Waals surface area contributed by atoms with E-state index in [9.17, 15) is 18.0 Å². The van der Waals surface area contributed by atoms with Gasteiger partial charge in [-0.1, -0.05) is 29.2 Å². The summed E-state index contributed by atoms with van der Waals surface area (Å²) in [5.41, 5.74) is -0.689. The first kappa shape index (κ1) is 16.8. The zero-order chi connectivity index (χ0) is 16.3. The summed E-state index contributed by atoms with van der Waals surface area (Å²) in [5, 5.41) is 10.5. The second kappa shape index (κ2) is 6.66. The zero-order valence-electron chi connectivity index (χ0n) is 11.6. The van der Waals surface area contributed by atoms with E-state index in [0.717, 1.165) is 17.1 Å². The quantitative estimate of drug-likeness (QED) is 0.850. The second-order valence-corrected chi connectivity index (χ2v) is 7.18. The van der Waals surface area contributed by atoms with E-state index in [1.165, 1.54) is 35.2 Å². The number of hydrogen-bond donors (Lipinski definition) is 1. The second-order valence-electron chi connectivity index (χ2n) is 4.41. The van der Waals surface area contributed by atoms with Crippen LogP contribution in [0, 0.1) is 6.92 Å². The molecule has 0 aliphatic heterocycles. The minimum atomic E-state index is -4.44. The molecule has 4 nitrogen and oxygen atoms in total. The van der Waals surface area contributed by atoms with Crippen LogP contribution in [0.5, 0.6) is 0 Å². The van der Waals surface area contributed by atoms with Gasteiger partial charge in [0.15, 0.2) is 4.34 Å². The topological polar surface area (TPSA) is 54.9 Å². The molecule has 1 aromatic carbocycles. The molecule has 1 N–H and O–H groups in total. The van der Waals surface area contributed by atoms with E-state index in [1.54, 1.807) is 13.8 Å². The van der Waals surface area contributed by atoms with Crippen molar-refractivity contribution in [2.45, 2.75) is 29.6 Å². The molecular weight excluding hydrogens is 335 g/mol. The van der Waals surface area contributed by atoms with Crippen molar-refractivity contribution in [3.8, 4) is 0 Å². The van der Waals surface area contributed by atoms with Gasteiger partial charge >= 0.3 is 6.18 Å². The fourth-order valence-electron chi connectivity index (χ4n) is 1.55. The summed E-state index contributed by atoms with van der Waals surface area (Å²) in [5.74, 6) is -0.392. The number of nitrogens with zero attached hydrogens (tertiary/aromatic N) is 2. The highest BCUT2D eigenvalue weighted by Gasteiger charge is 2.30. The van der Waals surface area contributed by atoms with Gasteiger partial charge in [-0.25, -0.2) is 0 Å². The lowest BCUT2D eigenvalue weighted by Gasteiger charge is -2.12. The molecule has 0 saturated carbocycles. The first-order valence-electron chi connectivity index (χ1n) is 6.20. The molecule has 22 heavy (non-hydrogen) atoms. The van der Waals surface area contributed by atoms with Gasteiger partial charge in [-0.15, -0.1) is 10.2 Å². The van der Waals surface area contributed by atoms with Crippen LogP contribution in [-0.2, 0) is 11.0 Å². The monoisotopic (exact) mass is 347 g/mol. The minimum Gasteiger partial charge on any atom is -0.325 e. The molecule has 0 bridgehead atoms. The Labute approximate surface area is 133 Å². The minimum absolute atomic E-state index is 0.112. The summed E-state index contributed by atoms with van der Waals surface area (Å²) < 4.78 is 38.5. The summed E-state index contributed by atoms with van der Waals surface area (Å²) in [4.78, 5) is 12.0. The van der Waals surface area contributed by atoms with E-state index in [4.69, 9.17) is 0 Å². The number of halogens is 3. The number of hydrogen-bond acceptors (Lipinski definition) is 5. The Morgan fingerprint density at radius 2 is 2.09 bits per heavy atom. The third-order valence-electron chi connectivity index (χ3n) is 2.61. The largest absolute Gasteiger partial charge is 0.416 e. The Balaban J connectivity index is 2.02. The van der Waals surface area contributed by atoms with Crippen molar-refractivity contribution in [2.24, 2.45) is 0 Å². The Kier molecular flexibility index (Phi) is 5.07. The number of anilines is 1. The lowest BCUT2D eigenvalue weighted by molar-refractivity contribution is -0.137. The maximum absolute atomic E-state index is 12.6. The third-order valence-corrected chi connectivity index (χ3v) is 4.63. The third kappa shape index (κ3) is 4.44. The van der Waals surface area contributed by atoms with Crippen LogP contribution in [0.3, 0.4) is 0 Å². The number of carbonyl (C=O) groups is 1. The van der Waals surface area contributed by atoms with Crippen LogP contribution >= 0.6 is 23.1 Å². The highest BCUT2D eigenvalue weighted by atomic mass is 32.2. The van der Waals surface area contributed by atoms with Gasteiger partial charge in [0.2, 0.25) is 5.91 Å². The molecule has 1 atom stereocenters. The number of thioether (sulfide) groups is 1. The Bertz CT molecular complexity index is 673. The molecule has 0 saturated heterocycles. The van der Waals surface area contributed by atoms with Gasteiger partial charge in [-0.3, -0.25) is 4.79 Å². The van der Waals surface area contributed by atoms with Crippen LogP contribution in [-0.4, -0.2) is 21.4 Å². The molecule has 0 aliphatic carbocycles. The van der Waals surface area contributed by atoms with Gasteiger partial charge in [0.05, 0.1) is 10.8 Å². The van der Waals surface area contributed by atoms with Crippen LogP contribution in [0.4, 0.5) is 18.9 Å². The van der Waals surface area contributed by atoms with Gasteiger partial charge in [0.25, 0.3) is 0 Å². The number of amides is 1. The lowest BCUT2D eigenvalue weighted by atomic mass is 10.2. The van der Waals surface area contributed by atoms with Crippen molar-refractivity contribution in [1.29, 1.82) is 0 Å². The molecule has 0 radical (unpaired) electrons. The molecule has 0 fully saturated rings. The Morgan fingerprint density at radius 3 is 2.68 bits per heavy atom.